The quantitative estimate of drug-likeness (QED) is 0.454. The van der Waals surface area contributed by atoms with Gasteiger partial charge in [-0.25, -0.2) is 4.39 Å². The van der Waals surface area contributed by atoms with E-state index < -0.39 is 5.82 Å². The number of carbonyl (C=O) groups is 2. The minimum atomic E-state index is -0.578. The van der Waals surface area contributed by atoms with Crippen LogP contribution >= 0.6 is 23.4 Å². The molecule has 5 aliphatic rings. The number of fused-ring (bicyclic) bond motifs is 2. The highest BCUT2D eigenvalue weighted by Gasteiger charge is 2.50. The first-order valence-corrected chi connectivity index (χ1v) is 15.0. The van der Waals surface area contributed by atoms with Crippen LogP contribution < -0.4 is 15.4 Å². The molecule has 0 spiro atoms. The molecule has 2 amide bonds. The van der Waals surface area contributed by atoms with Crippen LogP contribution in [0.4, 0.5) is 4.39 Å². The molecule has 2 bridgehead atoms. The van der Waals surface area contributed by atoms with Crippen molar-refractivity contribution < 1.29 is 18.7 Å². The van der Waals surface area contributed by atoms with Crippen LogP contribution in [0, 0.1) is 34.9 Å². The topological polar surface area (TPSA) is 67.4 Å². The molecule has 1 aromatic carbocycles. The fraction of sp³-hybridized carbons (Fsp3) is 0.714. The lowest BCUT2D eigenvalue weighted by molar-refractivity contribution is -0.136. The van der Waals surface area contributed by atoms with Crippen molar-refractivity contribution in [2.45, 2.75) is 76.0 Å². The van der Waals surface area contributed by atoms with E-state index in [-0.39, 0.29) is 41.2 Å². The maximum atomic E-state index is 13.6. The number of carbonyl (C=O) groups excluding carboxylic acids is 2. The fourth-order valence-corrected chi connectivity index (χ4v) is 8.96. The van der Waals surface area contributed by atoms with Gasteiger partial charge in [-0.05, 0) is 79.6 Å². The molecule has 4 atom stereocenters. The average molecular weight is 537 g/mol. The molecule has 4 saturated carbocycles. The lowest BCUT2D eigenvalue weighted by Crippen LogP contribution is -2.57. The van der Waals surface area contributed by atoms with Crippen molar-refractivity contribution >= 4 is 35.2 Å². The summed E-state index contributed by atoms with van der Waals surface area (Å²) in [7, 11) is 0. The van der Waals surface area contributed by atoms with Crippen molar-refractivity contribution in [2.75, 3.05) is 18.9 Å². The minimum absolute atomic E-state index is 0.0165. The third-order valence-corrected chi connectivity index (χ3v) is 11.3. The van der Waals surface area contributed by atoms with E-state index in [1.165, 1.54) is 62.5 Å². The van der Waals surface area contributed by atoms with Gasteiger partial charge in [0.15, 0.2) is 6.61 Å². The Labute approximate surface area is 223 Å². The van der Waals surface area contributed by atoms with Gasteiger partial charge in [0.05, 0.1) is 5.02 Å². The first-order valence-electron chi connectivity index (χ1n) is 13.6. The van der Waals surface area contributed by atoms with Crippen LogP contribution in [0.1, 0.15) is 64.7 Å². The highest BCUT2D eigenvalue weighted by Crippen LogP contribution is 2.52. The second kappa shape index (κ2) is 11.1. The molecule has 1 aliphatic heterocycles. The predicted octanol–water partition coefficient (Wildman–Crippen LogP) is 5.60. The van der Waals surface area contributed by atoms with Gasteiger partial charge in [0.25, 0.3) is 5.91 Å². The van der Waals surface area contributed by atoms with E-state index in [0.717, 1.165) is 25.3 Å². The Kier molecular flexibility index (Phi) is 8.07. The van der Waals surface area contributed by atoms with Gasteiger partial charge >= 0.3 is 0 Å². The number of thioether (sulfide) groups is 1. The Balaban J connectivity index is 1.10. The zero-order chi connectivity index (χ0) is 25.3. The van der Waals surface area contributed by atoms with Crippen molar-refractivity contribution in [3.05, 3.63) is 29.0 Å². The first kappa shape index (κ1) is 26.1. The summed E-state index contributed by atoms with van der Waals surface area (Å²) in [5.41, 5.74) is 0.329. The van der Waals surface area contributed by atoms with E-state index in [1.807, 2.05) is 11.8 Å². The van der Waals surface area contributed by atoms with Crippen molar-refractivity contribution in [2.24, 2.45) is 29.1 Å². The lowest BCUT2D eigenvalue weighted by Gasteiger charge is -2.50. The van der Waals surface area contributed by atoms with Crippen LogP contribution in [-0.4, -0.2) is 42.0 Å². The molecule has 2 N–H and O–H groups in total. The molecule has 4 aliphatic carbocycles. The standard InChI is InChI=1S/C28H38ClFN2O3S/c1-28(19-5-3-2-4-6-19)9-10-36-25(28)15-31-27(34)21-14-24(18-11-17(21)12-18)32-26(33)16-35-20-7-8-22(29)23(30)13-20/h7-8,13,17-19,21,24-25H,2-6,9-12,14-16H2,1H3,(H,31,34)(H,32,33)/t17?,18?,21-,24?,25?,28?/m1/s1. The Hall–Kier alpha value is -1.47. The van der Waals surface area contributed by atoms with Crippen LogP contribution in [0.3, 0.4) is 0 Å². The van der Waals surface area contributed by atoms with Gasteiger partial charge in [-0.1, -0.05) is 37.8 Å². The summed E-state index contributed by atoms with van der Waals surface area (Å²) in [4.78, 5) is 25.8. The minimum Gasteiger partial charge on any atom is -0.484 e. The van der Waals surface area contributed by atoms with Crippen molar-refractivity contribution in [3.8, 4) is 5.75 Å². The number of halogens is 2. The molecular formula is C28H38ClFN2O3S. The van der Waals surface area contributed by atoms with Gasteiger partial charge in [0, 0.05) is 29.8 Å². The number of rotatable bonds is 8. The van der Waals surface area contributed by atoms with Crippen molar-refractivity contribution in [3.63, 3.8) is 0 Å². The summed E-state index contributed by atoms with van der Waals surface area (Å²) in [6.45, 7) is 3.03. The normalized spacial score (nSPS) is 34.0. The van der Waals surface area contributed by atoms with Crippen molar-refractivity contribution in [1.29, 1.82) is 0 Å². The van der Waals surface area contributed by atoms with Gasteiger partial charge in [0.2, 0.25) is 5.91 Å². The van der Waals surface area contributed by atoms with Crippen LogP contribution in [0.15, 0.2) is 18.2 Å². The Morgan fingerprint density at radius 2 is 1.94 bits per heavy atom. The molecule has 5 fully saturated rings. The monoisotopic (exact) mass is 536 g/mol. The van der Waals surface area contributed by atoms with Gasteiger partial charge in [-0.3, -0.25) is 9.59 Å². The number of hydrogen-bond donors (Lipinski definition) is 2. The van der Waals surface area contributed by atoms with Crippen LogP contribution in [0.2, 0.25) is 5.02 Å². The molecular weight excluding hydrogens is 499 g/mol. The Morgan fingerprint density at radius 1 is 1.17 bits per heavy atom. The molecule has 1 heterocycles. The fourth-order valence-electron chi connectivity index (χ4n) is 7.10. The van der Waals surface area contributed by atoms with Gasteiger partial charge in [-0.2, -0.15) is 11.8 Å². The molecule has 0 radical (unpaired) electrons. The largest absolute Gasteiger partial charge is 0.484 e. The maximum absolute atomic E-state index is 13.6. The maximum Gasteiger partial charge on any atom is 0.258 e. The van der Waals surface area contributed by atoms with E-state index in [9.17, 15) is 14.0 Å². The van der Waals surface area contributed by atoms with Crippen LogP contribution in [-0.2, 0) is 9.59 Å². The van der Waals surface area contributed by atoms with E-state index in [2.05, 4.69) is 17.6 Å². The molecule has 3 unspecified atom stereocenters. The van der Waals surface area contributed by atoms with Crippen LogP contribution in [0.25, 0.3) is 0 Å². The summed E-state index contributed by atoms with van der Waals surface area (Å²) >= 11 is 7.74. The number of ether oxygens (including phenoxy) is 1. The molecule has 198 valence electrons. The van der Waals surface area contributed by atoms with Gasteiger partial charge in [0.1, 0.15) is 11.6 Å². The highest BCUT2D eigenvalue weighted by atomic mass is 35.5. The first-order chi connectivity index (χ1) is 17.3. The predicted molar refractivity (Wildman–Crippen MR) is 142 cm³/mol. The van der Waals surface area contributed by atoms with E-state index in [1.54, 1.807) is 0 Å². The van der Waals surface area contributed by atoms with Gasteiger partial charge < -0.3 is 15.4 Å². The molecule has 5 nitrogen and oxygen atoms in total. The smallest absolute Gasteiger partial charge is 0.258 e. The van der Waals surface area contributed by atoms with Crippen LogP contribution in [0.5, 0.6) is 5.75 Å². The average Bonchev–Trinajstić information content (AvgIpc) is 3.24. The van der Waals surface area contributed by atoms with E-state index >= 15 is 0 Å². The zero-order valence-electron chi connectivity index (χ0n) is 21.1. The SMILES string of the molecule is CC1(C2CCCCC2)CCSC1CNC(=O)[C@@H]1CC(NC(=O)COc2ccc(Cl)c(F)c2)C2CC1C2. The molecule has 36 heavy (non-hydrogen) atoms. The Morgan fingerprint density at radius 3 is 2.69 bits per heavy atom. The third-order valence-electron chi connectivity index (χ3n) is 9.50. The Bertz CT molecular complexity index is 968. The molecule has 6 rings (SSSR count). The second-order valence-corrected chi connectivity index (χ2v) is 13.3. The van der Waals surface area contributed by atoms with E-state index in [0.29, 0.717) is 28.9 Å². The summed E-state index contributed by atoms with van der Waals surface area (Å²) < 4.78 is 19.0. The highest BCUT2D eigenvalue weighted by molar-refractivity contribution is 8.00. The number of benzene rings is 1. The van der Waals surface area contributed by atoms with Gasteiger partial charge in [-0.15, -0.1) is 0 Å². The number of nitrogens with one attached hydrogen (secondary N) is 2. The molecule has 8 heteroatoms. The summed E-state index contributed by atoms with van der Waals surface area (Å²) in [6.07, 6.45) is 10.7. The number of amides is 2. The summed E-state index contributed by atoms with van der Waals surface area (Å²) in [6, 6.07) is 4.11. The zero-order valence-corrected chi connectivity index (χ0v) is 22.6. The van der Waals surface area contributed by atoms with Crippen molar-refractivity contribution in [1.82, 2.24) is 10.6 Å². The summed E-state index contributed by atoms with van der Waals surface area (Å²) in [5.74, 6) is 2.39. The lowest BCUT2D eigenvalue weighted by atomic mass is 9.57. The molecule has 0 aromatic heterocycles. The third kappa shape index (κ3) is 5.52. The summed E-state index contributed by atoms with van der Waals surface area (Å²) in [5, 5.41) is 6.91. The number of hydrogen-bond acceptors (Lipinski definition) is 4. The second-order valence-electron chi connectivity index (χ2n) is 11.6. The molecule has 1 saturated heterocycles. The molecule has 1 aromatic rings. The van der Waals surface area contributed by atoms with E-state index in [4.69, 9.17) is 16.3 Å².